The SMILES string of the molecule is Cc1nc(C2CCCS2)ncc1[C@@H](C)N. The Hall–Kier alpha value is -0.610. The summed E-state index contributed by atoms with van der Waals surface area (Å²) in [5.41, 5.74) is 7.92. The Morgan fingerprint density at radius 3 is 2.93 bits per heavy atom. The zero-order valence-corrected chi connectivity index (χ0v) is 10.0. The molecule has 82 valence electrons. The molecule has 0 spiro atoms. The van der Waals surface area contributed by atoms with Crippen molar-refractivity contribution in [2.75, 3.05) is 5.75 Å². The number of thioether (sulfide) groups is 1. The first-order valence-corrected chi connectivity index (χ1v) is 6.44. The molecule has 2 heterocycles. The summed E-state index contributed by atoms with van der Waals surface area (Å²) < 4.78 is 0. The van der Waals surface area contributed by atoms with Crippen LogP contribution in [-0.2, 0) is 0 Å². The fraction of sp³-hybridized carbons (Fsp3) is 0.636. The Morgan fingerprint density at radius 1 is 1.60 bits per heavy atom. The number of aromatic nitrogens is 2. The standard InChI is InChI=1S/C11H17N3S/c1-7(12)9-6-13-11(14-8(9)2)10-4-3-5-15-10/h6-7,10H,3-5,12H2,1-2H3/t7-,10?/m1/s1. The lowest BCUT2D eigenvalue weighted by atomic mass is 10.1. The fourth-order valence-electron chi connectivity index (χ4n) is 1.88. The molecule has 2 rings (SSSR count). The molecule has 0 saturated carbocycles. The smallest absolute Gasteiger partial charge is 0.141 e. The summed E-state index contributed by atoms with van der Waals surface area (Å²) in [6.45, 7) is 3.99. The number of nitrogens with zero attached hydrogens (tertiary/aromatic N) is 2. The van der Waals surface area contributed by atoms with Crippen LogP contribution < -0.4 is 5.73 Å². The van der Waals surface area contributed by atoms with Gasteiger partial charge in [0.05, 0.1) is 5.25 Å². The van der Waals surface area contributed by atoms with Crippen LogP contribution in [0, 0.1) is 6.92 Å². The van der Waals surface area contributed by atoms with Crippen LogP contribution in [0.3, 0.4) is 0 Å². The lowest BCUT2D eigenvalue weighted by Crippen LogP contribution is -2.11. The third-order valence-corrected chi connectivity index (χ3v) is 4.12. The van der Waals surface area contributed by atoms with E-state index >= 15 is 0 Å². The van der Waals surface area contributed by atoms with Crippen molar-refractivity contribution in [1.82, 2.24) is 9.97 Å². The quantitative estimate of drug-likeness (QED) is 0.836. The van der Waals surface area contributed by atoms with E-state index in [1.165, 1.54) is 18.6 Å². The van der Waals surface area contributed by atoms with Crippen LogP contribution in [0.1, 0.15) is 48.1 Å². The van der Waals surface area contributed by atoms with Gasteiger partial charge in [-0.25, -0.2) is 9.97 Å². The Labute approximate surface area is 94.9 Å². The second-order valence-corrected chi connectivity index (χ2v) is 5.37. The second-order valence-electron chi connectivity index (χ2n) is 4.06. The Morgan fingerprint density at radius 2 is 2.40 bits per heavy atom. The van der Waals surface area contributed by atoms with E-state index in [0.717, 1.165) is 17.1 Å². The van der Waals surface area contributed by atoms with Crippen molar-refractivity contribution < 1.29 is 0 Å². The minimum absolute atomic E-state index is 0.0234. The second kappa shape index (κ2) is 4.49. The Balaban J connectivity index is 2.24. The van der Waals surface area contributed by atoms with E-state index in [-0.39, 0.29) is 6.04 Å². The molecule has 4 heteroatoms. The van der Waals surface area contributed by atoms with E-state index in [4.69, 9.17) is 5.73 Å². The lowest BCUT2D eigenvalue weighted by molar-refractivity contribution is 0.740. The third kappa shape index (κ3) is 2.32. The van der Waals surface area contributed by atoms with Crippen LogP contribution in [0.2, 0.25) is 0 Å². The van der Waals surface area contributed by atoms with Crippen LogP contribution >= 0.6 is 11.8 Å². The summed E-state index contributed by atoms with van der Waals surface area (Å²) in [4.78, 5) is 9.00. The number of rotatable bonds is 2. The van der Waals surface area contributed by atoms with Crippen LogP contribution in [0.15, 0.2) is 6.20 Å². The first kappa shape index (κ1) is 10.9. The molecule has 1 aliphatic rings. The van der Waals surface area contributed by atoms with Gasteiger partial charge < -0.3 is 5.73 Å². The molecule has 1 aromatic rings. The van der Waals surface area contributed by atoms with Gasteiger partial charge in [-0.1, -0.05) is 0 Å². The van der Waals surface area contributed by atoms with Gasteiger partial charge in [0.25, 0.3) is 0 Å². The van der Waals surface area contributed by atoms with E-state index < -0.39 is 0 Å². The van der Waals surface area contributed by atoms with E-state index in [9.17, 15) is 0 Å². The van der Waals surface area contributed by atoms with Gasteiger partial charge in [0, 0.05) is 23.5 Å². The molecule has 1 aliphatic heterocycles. The molecule has 0 radical (unpaired) electrons. The summed E-state index contributed by atoms with van der Waals surface area (Å²) in [5.74, 6) is 2.22. The van der Waals surface area contributed by atoms with Crippen LogP contribution in [-0.4, -0.2) is 15.7 Å². The maximum atomic E-state index is 5.83. The van der Waals surface area contributed by atoms with Crippen molar-refractivity contribution in [2.24, 2.45) is 5.73 Å². The zero-order chi connectivity index (χ0) is 10.8. The molecular weight excluding hydrogens is 206 g/mol. The molecule has 0 aliphatic carbocycles. The van der Waals surface area contributed by atoms with Crippen LogP contribution in [0.5, 0.6) is 0 Å². The minimum atomic E-state index is 0.0234. The van der Waals surface area contributed by atoms with Gasteiger partial charge >= 0.3 is 0 Å². The van der Waals surface area contributed by atoms with Crippen molar-refractivity contribution >= 4 is 11.8 Å². The highest BCUT2D eigenvalue weighted by molar-refractivity contribution is 7.99. The zero-order valence-electron chi connectivity index (χ0n) is 9.23. The summed E-state index contributed by atoms with van der Waals surface area (Å²) in [7, 11) is 0. The van der Waals surface area contributed by atoms with Gasteiger partial charge in [0.2, 0.25) is 0 Å². The van der Waals surface area contributed by atoms with E-state index in [2.05, 4.69) is 9.97 Å². The Kier molecular flexibility index (Phi) is 3.26. The Bertz CT molecular complexity index is 346. The highest BCUT2D eigenvalue weighted by Gasteiger charge is 2.21. The molecule has 1 fully saturated rings. The molecular formula is C11H17N3S. The molecule has 0 bridgehead atoms. The van der Waals surface area contributed by atoms with Crippen molar-refractivity contribution in [3.05, 3.63) is 23.3 Å². The highest BCUT2D eigenvalue weighted by atomic mass is 32.2. The van der Waals surface area contributed by atoms with Crippen molar-refractivity contribution in [2.45, 2.75) is 38.0 Å². The first-order chi connectivity index (χ1) is 7.18. The van der Waals surface area contributed by atoms with Gasteiger partial charge in [-0.05, 0) is 32.4 Å². The number of hydrogen-bond donors (Lipinski definition) is 1. The van der Waals surface area contributed by atoms with Gasteiger partial charge in [0.15, 0.2) is 0 Å². The molecule has 3 nitrogen and oxygen atoms in total. The highest BCUT2D eigenvalue weighted by Crippen LogP contribution is 2.38. The monoisotopic (exact) mass is 223 g/mol. The van der Waals surface area contributed by atoms with E-state index in [0.29, 0.717) is 5.25 Å². The minimum Gasteiger partial charge on any atom is -0.324 e. The summed E-state index contributed by atoms with van der Waals surface area (Å²) in [5, 5.41) is 0.505. The predicted octanol–water partition coefficient (Wildman–Crippen LogP) is 2.37. The van der Waals surface area contributed by atoms with Gasteiger partial charge in [-0.3, -0.25) is 0 Å². The molecule has 0 aromatic carbocycles. The maximum absolute atomic E-state index is 5.83. The van der Waals surface area contributed by atoms with E-state index in [1.54, 1.807) is 0 Å². The molecule has 15 heavy (non-hydrogen) atoms. The van der Waals surface area contributed by atoms with Crippen molar-refractivity contribution in [3.8, 4) is 0 Å². The van der Waals surface area contributed by atoms with Crippen LogP contribution in [0.4, 0.5) is 0 Å². The lowest BCUT2D eigenvalue weighted by Gasteiger charge is -2.12. The van der Waals surface area contributed by atoms with Crippen LogP contribution in [0.25, 0.3) is 0 Å². The predicted molar refractivity (Wildman–Crippen MR) is 63.8 cm³/mol. The molecule has 1 unspecified atom stereocenters. The maximum Gasteiger partial charge on any atom is 0.141 e. The normalized spacial score (nSPS) is 23.0. The van der Waals surface area contributed by atoms with Gasteiger partial charge in [-0.2, -0.15) is 11.8 Å². The van der Waals surface area contributed by atoms with Crippen molar-refractivity contribution in [1.29, 1.82) is 0 Å². The number of aryl methyl sites for hydroxylation is 1. The molecule has 1 saturated heterocycles. The molecule has 1 aromatic heterocycles. The molecule has 2 N–H and O–H groups in total. The fourth-order valence-corrected chi connectivity index (χ4v) is 3.09. The molecule has 0 amide bonds. The topological polar surface area (TPSA) is 51.8 Å². The molecule has 2 atom stereocenters. The first-order valence-electron chi connectivity index (χ1n) is 5.39. The summed E-state index contributed by atoms with van der Waals surface area (Å²) in [6.07, 6.45) is 4.38. The number of hydrogen-bond acceptors (Lipinski definition) is 4. The summed E-state index contributed by atoms with van der Waals surface area (Å²) in [6, 6.07) is 0.0234. The third-order valence-electron chi connectivity index (χ3n) is 2.74. The van der Waals surface area contributed by atoms with E-state index in [1.807, 2.05) is 31.8 Å². The average molecular weight is 223 g/mol. The van der Waals surface area contributed by atoms with Gasteiger partial charge in [-0.15, -0.1) is 0 Å². The van der Waals surface area contributed by atoms with Crippen molar-refractivity contribution in [3.63, 3.8) is 0 Å². The number of nitrogens with two attached hydrogens (primary N) is 1. The largest absolute Gasteiger partial charge is 0.324 e. The summed E-state index contributed by atoms with van der Waals surface area (Å²) >= 11 is 1.96. The average Bonchev–Trinajstić information content (AvgIpc) is 2.69. The van der Waals surface area contributed by atoms with Gasteiger partial charge in [0.1, 0.15) is 5.82 Å².